The van der Waals surface area contributed by atoms with Gasteiger partial charge in [-0.15, -0.1) is 0 Å². The summed E-state index contributed by atoms with van der Waals surface area (Å²) in [4.78, 5) is 40.9. The molecule has 4 rings (SSSR count). The molecule has 7 nitrogen and oxygen atoms in total. The van der Waals surface area contributed by atoms with Crippen molar-refractivity contribution < 1.29 is 18.8 Å². The molecule has 2 aliphatic rings. The van der Waals surface area contributed by atoms with Gasteiger partial charge >= 0.3 is 0 Å². The summed E-state index contributed by atoms with van der Waals surface area (Å²) in [6.45, 7) is 3.91. The molecule has 4 N–H and O–H groups in total. The van der Waals surface area contributed by atoms with Gasteiger partial charge in [-0.1, -0.05) is 26.0 Å². The topological polar surface area (TPSA) is 105 Å². The van der Waals surface area contributed by atoms with Gasteiger partial charge in [0.25, 0.3) is 5.91 Å². The predicted molar refractivity (Wildman–Crippen MR) is 133 cm³/mol. The molecule has 1 fully saturated rings. The van der Waals surface area contributed by atoms with Gasteiger partial charge in [-0.3, -0.25) is 14.4 Å². The van der Waals surface area contributed by atoms with Crippen LogP contribution >= 0.6 is 0 Å². The summed E-state index contributed by atoms with van der Waals surface area (Å²) in [7, 11) is 0. The van der Waals surface area contributed by atoms with E-state index in [1.165, 1.54) is 12.1 Å². The van der Waals surface area contributed by atoms with Crippen LogP contribution in [0.2, 0.25) is 0 Å². The van der Waals surface area contributed by atoms with Gasteiger partial charge in [-0.2, -0.15) is 0 Å². The zero-order valence-electron chi connectivity index (χ0n) is 20.2. The fourth-order valence-corrected chi connectivity index (χ4v) is 4.86. The SMILES string of the molecule is CC(C)CC(=O)N1c2ccc(C(=O)NC3CCC(N)CC3)cc2NC(=O)CC1c1ccc(F)cc1. The van der Waals surface area contributed by atoms with Crippen molar-refractivity contribution in [2.24, 2.45) is 11.7 Å². The fourth-order valence-electron chi connectivity index (χ4n) is 4.86. The normalized spacial score (nSPS) is 22.3. The Balaban J connectivity index is 1.67. The highest BCUT2D eigenvalue weighted by Crippen LogP contribution is 2.39. The van der Waals surface area contributed by atoms with Gasteiger partial charge in [0.15, 0.2) is 0 Å². The van der Waals surface area contributed by atoms with E-state index in [1.807, 2.05) is 13.8 Å². The number of halogens is 1. The molecule has 2 aromatic rings. The van der Waals surface area contributed by atoms with E-state index in [0.29, 0.717) is 22.5 Å². The Morgan fingerprint density at radius 1 is 1.11 bits per heavy atom. The standard InChI is InChI=1S/C27H33FN4O3/c1-16(2)13-26(34)32-23-12-5-18(27(35)30-21-10-8-20(29)9-11-21)14-22(23)31-25(33)15-24(32)17-3-6-19(28)7-4-17/h3-7,12,14,16,20-21,24H,8-11,13,15,29H2,1-2H3,(H,30,35)(H,31,33). The maximum atomic E-state index is 13.6. The second-order valence-corrected chi connectivity index (χ2v) is 10.00. The number of carbonyl (C=O) groups is 3. The van der Waals surface area contributed by atoms with Crippen molar-refractivity contribution in [1.82, 2.24) is 5.32 Å². The Kier molecular flexibility index (Phi) is 7.50. The second kappa shape index (κ2) is 10.6. The third kappa shape index (κ3) is 5.88. The molecular formula is C27H33FN4O3. The minimum absolute atomic E-state index is 0.0218. The van der Waals surface area contributed by atoms with Crippen molar-refractivity contribution in [3.8, 4) is 0 Å². The summed E-state index contributed by atoms with van der Waals surface area (Å²) >= 11 is 0. The number of nitrogens with one attached hydrogen (secondary N) is 2. The van der Waals surface area contributed by atoms with E-state index < -0.39 is 6.04 Å². The van der Waals surface area contributed by atoms with Crippen LogP contribution in [0.1, 0.15) is 74.3 Å². The number of amides is 3. The van der Waals surface area contributed by atoms with E-state index in [0.717, 1.165) is 25.7 Å². The van der Waals surface area contributed by atoms with Crippen LogP contribution in [0.4, 0.5) is 15.8 Å². The van der Waals surface area contributed by atoms with Gasteiger partial charge in [0, 0.05) is 24.1 Å². The summed E-state index contributed by atoms with van der Waals surface area (Å²) in [6.07, 6.45) is 3.74. The zero-order valence-corrected chi connectivity index (χ0v) is 20.2. The molecule has 1 atom stereocenters. The summed E-state index contributed by atoms with van der Waals surface area (Å²) in [6, 6.07) is 10.5. The minimum atomic E-state index is -0.589. The first-order valence-electron chi connectivity index (χ1n) is 12.3. The Bertz CT molecular complexity index is 1090. The van der Waals surface area contributed by atoms with Crippen LogP contribution in [0.3, 0.4) is 0 Å². The minimum Gasteiger partial charge on any atom is -0.349 e. The highest BCUT2D eigenvalue weighted by Gasteiger charge is 2.34. The second-order valence-electron chi connectivity index (χ2n) is 10.00. The van der Waals surface area contributed by atoms with E-state index in [2.05, 4.69) is 10.6 Å². The molecule has 1 unspecified atom stereocenters. The summed E-state index contributed by atoms with van der Waals surface area (Å²) in [5, 5.41) is 5.94. The third-order valence-corrected chi connectivity index (χ3v) is 6.70. The maximum absolute atomic E-state index is 13.6. The monoisotopic (exact) mass is 480 g/mol. The number of anilines is 2. The van der Waals surface area contributed by atoms with Crippen molar-refractivity contribution in [1.29, 1.82) is 0 Å². The van der Waals surface area contributed by atoms with Crippen LogP contribution in [0, 0.1) is 11.7 Å². The molecule has 1 saturated carbocycles. The molecule has 2 aromatic carbocycles. The summed E-state index contributed by atoms with van der Waals surface area (Å²) < 4.78 is 13.6. The smallest absolute Gasteiger partial charge is 0.251 e. The number of carbonyl (C=O) groups excluding carboxylic acids is 3. The van der Waals surface area contributed by atoms with E-state index in [1.54, 1.807) is 35.2 Å². The highest BCUT2D eigenvalue weighted by atomic mass is 19.1. The Hall–Kier alpha value is -3.26. The Morgan fingerprint density at radius 2 is 1.80 bits per heavy atom. The largest absolute Gasteiger partial charge is 0.349 e. The van der Waals surface area contributed by atoms with Crippen LogP contribution < -0.4 is 21.3 Å². The first-order chi connectivity index (χ1) is 16.7. The fraction of sp³-hybridized carbons (Fsp3) is 0.444. The third-order valence-electron chi connectivity index (χ3n) is 6.70. The number of rotatable bonds is 5. The van der Waals surface area contributed by atoms with Crippen molar-refractivity contribution in [3.05, 3.63) is 59.4 Å². The zero-order chi connectivity index (χ0) is 25.1. The lowest BCUT2D eigenvalue weighted by atomic mass is 9.91. The lowest BCUT2D eigenvalue weighted by Crippen LogP contribution is -2.40. The first-order valence-corrected chi connectivity index (χ1v) is 12.3. The van der Waals surface area contributed by atoms with Crippen LogP contribution in [-0.4, -0.2) is 29.8 Å². The Morgan fingerprint density at radius 3 is 2.46 bits per heavy atom. The molecule has 3 amide bonds. The van der Waals surface area contributed by atoms with Gasteiger partial charge in [0.2, 0.25) is 11.8 Å². The summed E-state index contributed by atoms with van der Waals surface area (Å²) in [5.74, 6) is -0.910. The number of hydrogen-bond acceptors (Lipinski definition) is 4. The van der Waals surface area contributed by atoms with E-state index in [4.69, 9.17) is 5.73 Å². The van der Waals surface area contributed by atoms with E-state index in [9.17, 15) is 18.8 Å². The highest BCUT2D eigenvalue weighted by molar-refractivity contribution is 6.06. The van der Waals surface area contributed by atoms with Gasteiger partial charge in [-0.25, -0.2) is 4.39 Å². The first kappa shape index (κ1) is 24.9. The van der Waals surface area contributed by atoms with Crippen LogP contribution in [0.25, 0.3) is 0 Å². The number of benzene rings is 2. The van der Waals surface area contributed by atoms with E-state index >= 15 is 0 Å². The molecule has 1 aliphatic heterocycles. The quantitative estimate of drug-likeness (QED) is 0.594. The van der Waals surface area contributed by atoms with E-state index in [-0.39, 0.29) is 54.4 Å². The molecule has 0 saturated heterocycles. The molecule has 0 aromatic heterocycles. The number of hydrogen-bond donors (Lipinski definition) is 3. The number of fused-ring (bicyclic) bond motifs is 1. The van der Waals surface area contributed by atoms with Gasteiger partial charge in [0.05, 0.1) is 23.8 Å². The average molecular weight is 481 g/mol. The van der Waals surface area contributed by atoms with Gasteiger partial charge in [-0.05, 0) is 67.5 Å². The Labute approximate surface area is 205 Å². The molecule has 0 radical (unpaired) electrons. The lowest BCUT2D eigenvalue weighted by Gasteiger charge is -2.31. The molecule has 1 aliphatic carbocycles. The number of nitrogens with zero attached hydrogens (tertiary/aromatic N) is 1. The van der Waals surface area contributed by atoms with Crippen LogP contribution in [0.5, 0.6) is 0 Å². The summed E-state index contributed by atoms with van der Waals surface area (Å²) in [5.41, 5.74) is 7.99. The molecular weight excluding hydrogens is 447 g/mol. The van der Waals surface area contributed by atoms with Gasteiger partial charge in [0.1, 0.15) is 5.82 Å². The van der Waals surface area contributed by atoms with Crippen LogP contribution in [0.15, 0.2) is 42.5 Å². The molecule has 0 bridgehead atoms. The lowest BCUT2D eigenvalue weighted by molar-refractivity contribution is -0.120. The average Bonchev–Trinajstić information content (AvgIpc) is 2.95. The van der Waals surface area contributed by atoms with Crippen LogP contribution in [-0.2, 0) is 9.59 Å². The molecule has 1 heterocycles. The van der Waals surface area contributed by atoms with Crippen molar-refractivity contribution in [2.75, 3.05) is 10.2 Å². The van der Waals surface area contributed by atoms with Crippen molar-refractivity contribution in [2.45, 2.75) is 70.5 Å². The van der Waals surface area contributed by atoms with Crippen molar-refractivity contribution >= 4 is 29.1 Å². The molecule has 8 heteroatoms. The maximum Gasteiger partial charge on any atom is 0.251 e. The van der Waals surface area contributed by atoms with Crippen molar-refractivity contribution in [3.63, 3.8) is 0 Å². The molecule has 186 valence electrons. The number of nitrogens with two attached hydrogens (primary N) is 1. The molecule has 0 spiro atoms. The molecule has 35 heavy (non-hydrogen) atoms. The van der Waals surface area contributed by atoms with Gasteiger partial charge < -0.3 is 21.3 Å². The predicted octanol–water partition coefficient (Wildman–Crippen LogP) is 4.29.